The third-order valence-corrected chi connectivity index (χ3v) is 2.24. The summed E-state index contributed by atoms with van der Waals surface area (Å²) in [5, 5.41) is 4.36. The lowest BCUT2D eigenvalue weighted by Crippen LogP contribution is -2.16. The van der Waals surface area contributed by atoms with Gasteiger partial charge in [-0.05, 0) is 18.6 Å². The van der Waals surface area contributed by atoms with E-state index in [1.54, 1.807) is 0 Å². The molecule has 0 aromatic carbocycles. The van der Waals surface area contributed by atoms with E-state index in [1.165, 1.54) is 13.0 Å². The number of halogens is 1. The Kier molecular flexibility index (Phi) is 2.12. The molecule has 0 aliphatic carbocycles. The van der Waals surface area contributed by atoms with Crippen LogP contribution in [0.2, 0.25) is 0 Å². The number of hydrogen-bond donors (Lipinski definition) is 1. The summed E-state index contributed by atoms with van der Waals surface area (Å²) in [6, 6.07) is 2.38. The zero-order chi connectivity index (χ0) is 9.35. The third-order valence-electron chi connectivity index (χ3n) is 1.29. The molecule has 1 rings (SSSR count). The van der Waals surface area contributed by atoms with Crippen LogP contribution in [0, 0.1) is 12.9 Å². The molecule has 1 aromatic heterocycles. The summed E-state index contributed by atoms with van der Waals surface area (Å²) in [6.07, 6.45) is 0. The highest BCUT2D eigenvalue weighted by atomic mass is 32.2. The van der Waals surface area contributed by atoms with Gasteiger partial charge < -0.3 is 0 Å². The van der Waals surface area contributed by atoms with Crippen molar-refractivity contribution >= 4 is 10.0 Å². The molecule has 0 saturated carbocycles. The van der Waals surface area contributed by atoms with Crippen molar-refractivity contribution in [3.05, 3.63) is 23.6 Å². The maximum atomic E-state index is 12.4. The van der Waals surface area contributed by atoms with Crippen molar-refractivity contribution in [1.82, 2.24) is 4.98 Å². The zero-order valence-electron chi connectivity index (χ0n) is 6.28. The van der Waals surface area contributed by atoms with Crippen LogP contribution >= 0.6 is 0 Å². The highest BCUT2D eigenvalue weighted by Crippen LogP contribution is 2.09. The van der Waals surface area contributed by atoms with E-state index in [9.17, 15) is 12.8 Å². The lowest BCUT2D eigenvalue weighted by Gasteiger charge is -2.00. The van der Waals surface area contributed by atoms with E-state index in [-0.39, 0.29) is 0 Å². The van der Waals surface area contributed by atoms with Crippen molar-refractivity contribution in [3.63, 3.8) is 0 Å². The topological polar surface area (TPSA) is 73.0 Å². The average molecular weight is 190 g/mol. The fourth-order valence-electron chi connectivity index (χ4n) is 0.776. The van der Waals surface area contributed by atoms with Crippen LogP contribution in [0.4, 0.5) is 4.39 Å². The predicted octanol–water partition coefficient (Wildman–Crippen LogP) is 0.177. The van der Waals surface area contributed by atoms with Crippen molar-refractivity contribution < 1.29 is 12.8 Å². The molecule has 0 bridgehead atoms. The van der Waals surface area contributed by atoms with Crippen LogP contribution in [0.25, 0.3) is 0 Å². The summed E-state index contributed by atoms with van der Waals surface area (Å²) >= 11 is 0. The maximum absolute atomic E-state index is 12.4. The summed E-state index contributed by atoms with van der Waals surface area (Å²) in [7, 11) is -3.91. The monoisotopic (exact) mass is 190 g/mol. The van der Waals surface area contributed by atoms with Gasteiger partial charge in [-0.2, -0.15) is 4.39 Å². The highest BCUT2D eigenvalue weighted by molar-refractivity contribution is 7.89. The molecule has 66 valence electrons. The SMILES string of the molecule is Cc1ccc(F)nc1S(N)(=O)=O. The standard InChI is InChI=1S/C6H7FN2O2S/c1-4-2-3-5(7)9-6(4)12(8,10)11/h2-3H,1H3,(H2,8,10,11). The van der Waals surface area contributed by atoms with Crippen molar-refractivity contribution in [3.8, 4) is 0 Å². The minimum atomic E-state index is -3.91. The van der Waals surface area contributed by atoms with Gasteiger partial charge in [-0.3, -0.25) is 0 Å². The van der Waals surface area contributed by atoms with Gasteiger partial charge in [-0.25, -0.2) is 18.5 Å². The normalized spacial score (nSPS) is 11.6. The fourth-order valence-corrected chi connectivity index (χ4v) is 1.51. The number of hydrogen-bond acceptors (Lipinski definition) is 3. The van der Waals surface area contributed by atoms with Crippen LogP contribution < -0.4 is 5.14 Å². The van der Waals surface area contributed by atoms with Crippen LogP contribution in [-0.4, -0.2) is 13.4 Å². The summed E-state index contributed by atoms with van der Waals surface area (Å²) in [5.41, 5.74) is 0.332. The second-order valence-electron chi connectivity index (χ2n) is 2.30. The molecular weight excluding hydrogens is 183 g/mol. The van der Waals surface area contributed by atoms with E-state index < -0.39 is 21.0 Å². The number of sulfonamides is 1. The lowest BCUT2D eigenvalue weighted by molar-refractivity contribution is 0.555. The van der Waals surface area contributed by atoms with Gasteiger partial charge in [0.15, 0.2) is 5.03 Å². The van der Waals surface area contributed by atoms with Crippen molar-refractivity contribution in [2.45, 2.75) is 11.9 Å². The second-order valence-corrected chi connectivity index (χ2v) is 3.78. The summed E-state index contributed by atoms with van der Waals surface area (Å²) in [6.45, 7) is 1.49. The first-order chi connectivity index (χ1) is 5.41. The number of aryl methyl sites for hydroxylation is 1. The molecule has 0 atom stereocenters. The minimum absolute atomic E-state index is 0.332. The van der Waals surface area contributed by atoms with Gasteiger partial charge in [-0.1, -0.05) is 6.07 Å². The quantitative estimate of drug-likeness (QED) is 0.642. The maximum Gasteiger partial charge on any atom is 0.255 e. The number of nitrogens with two attached hydrogens (primary N) is 1. The largest absolute Gasteiger partial charge is 0.255 e. The molecule has 4 nitrogen and oxygen atoms in total. The van der Waals surface area contributed by atoms with Gasteiger partial charge >= 0.3 is 0 Å². The molecule has 0 fully saturated rings. The molecule has 6 heteroatoms. The first-order valence-corrected chi connectivity index (χ1v) is 4.62. The van der Waals surface area contributed by atoms with Gasteiger partial charge in [0, 0.05) is 0 Å². The number of aromatic nitrogens is 1. The molecule has 0 unspecified atom stereocenters. The molecule has 0 saturated heterocycles. The smallest absolute Gasteiger partial charge is 0.223 e. The van der Waals surface area contributed by atoms with Gasteiger partial charge in [-0.15, -0.1) is 0 Å². The van der Waals surface area contributed by atoms with Crippen LogP contribution in [0.5, 0.6) is 0 Å². The molecule has 0 amide bonds. The molecule has 12 heavy (non-hydrogen) atoms. The molecule has 1 aromatic rings. The second kappa shape index (κ2) is 2.80. The highest BCUT2D eigenvalue weighted by Gasteiger charge is 2.13. The number of rotatable bonds is 1. The Balaban J connectivity index is 3.43. The zero-order valence-corrected chi connectivity index (χ0v) is 7.10. The van der Waals surface area contributed by atoms with Crippen LogP contribution in [0.15, 0.2) is 17.2 Å². The fraction of sp³-hybridized carbons (Fsp3) is 0.167. The minimum Gasteiger partial charge on any atom is -0.223 e. The number of pyridine rings is 1. The molecule has 2 N–H and O–H groups in total. The van der Waals surface area contributed by atoms with Gasteiger partial charge in [0.1, 0.15) is 0 Å². The molecule has 0 aliphatic heterocycles. The van der Waals surface area contributed by atoms with Gasteiger partial charge in [0.2, 0.25) is 5.95 Å². The van der Waals surface area contributed by atoms with Crippen molar-refractivity contribution in [1.29, 1.82) is 0 Å². The summed E-state index contributed by atoms with van der Waals surface area (Å²) < 4.78 is 34.0. The number of primary sulfonamides is 1. The molecular formula is C6H7FN2O2S. The van der Waals surface area contributed by atoms with E-state index in [1.807, 2.05) is 0 Å². The molecule has 1 heterocycles. The molecule has 0 aliphatic rings. The van der Waals surface area contributed by atoms with Crippen LogP contribution in [0.1, 0.15) is 5.56 Å². The molecule has 0 radical (unpaired) electrons. The Labute approximate surface area is 69.3 Å². The first kappa shape index (κ1) is 9.08. The van der Waals surface area contributed by atoms with E-state index in [0.29, 0.717) is 5.56 Å². The lowest BCUT2D eigenvalue weighted by atomic mass is 10.3. The van der Waals surface area contributed by atoms with E-state index in [0.717, 1.165) is 6.07 Å². The Hall–Kier alpha value is -1.01. The Morgan fingerprint density at radius 2 is 2.08 bits per heavy atom. The Morgan fingerprint density at radius 3 is 2.50 bits per heavy atom. The van der Waals surface area contributed by atoms with Crippen molar-refractivity contribution in [2.75, 3.05) is 0 Å². The van der Waals surface area contributed by atoms with Gasteiger partial charge in [0.25, 0.3) is 10.0 Å². The molecule has 0 spiro atoms. The van der Waals surface area contributed by atoms with Gasteiger partial charge in [0.05, 0.1) is 0 Å². The van der Waals surface area contributed by atoms with Crippen LogP contribution in [-0.2, 0) is 10.0 Å². The predicted molar refractivity (Wildman–Crippen MR) is 40.3 cm³/mol. The number of nitrogens with zero attached hydrogens (tertiary/aromatic N) is 1. The van der Waals surface area contributed by atoms with E-state index in [4.69, 9.17) is 5.14 Å². The van der Waals surface area contributed by atoms with E-state index in [2.05, 4.69) is 4.98 Å². The van der Waals surface area contributed by atoms with E-state index >= 15 is 0 Å². The van der Waals surface area contributed by atoms with Crippen molar-refractivity contribution in [2.24, 2.45) is 5.14 Å². The Morgan fingerprint density at radius 1 is 1.50 bits per heavy atom. The Bertz CT molecular complexity index is 402. The average Bonchev–Trinajstić information content (AvgIpc) is 1.92. The summed E-state index contributed by atoms with van der Waals surface area (Å²) in [5.74, 6) is -0.857. The van der Waals surface area contributed by atoms with Crippen LogP contribution in [0.3, 0.4) is 0 Å². The first-order valence-electron chi connectivity index (χ1n) is 3.07. The third kappa shape index (κ3) is 1.77. The summed E-state index contributed by atoms with van der Waals surface area (Å²) in [4.78, 5) is 3.16.